The van der Waals surface area contributed by atoms with Crippen LogP contribution in [0.4, 0.5) is 10.5 Å². The number of carbonyl (C=O) groups is 2. The highest BCUT2D eigenvalue weighted by Crippen LogP contribution is 2.26. The smallest absolute Gasteiger partial charge is 0.321 e. The van der Waals surface area contributed by atoms with Gasteiger partial charge in [-0.3, -0.25) is 4.79 Å². The average Bonchev–Trinajstić information content (AvgIpc) is 3.20. The lowest BCUT2D eigenvalue weighted by molar-refractivity contribution is -0.141. The Morgan fingerprint density at radius 2 is 2.21 bits per heavy atom. The quantitative estimate of drug-likeness (QED) is 0.570. The van der Waals surface area contributed by atoms with E-state index in [9.17, 15) is 9.59 Å². The van der Waals surface area contributed by atoms with E-state index in [1.807, 2.05) is 33.7 Å². The number of urea groups is 1. The monoisotopic (exact) mass is 399 g/mol. The van der Waals surface area contributed by atoms with E-state index < -0.39 is 0 Å². The molecule has 2 heterocycles. The second kappa shape index (κ2) is 10.0. The number of anilines is 1. The van der Waals surface area contributed by atoms with Gasteiger partial charge in [0.25, 0.3) is 0 Å². The lowest BCUT2D eigenvalue weighted by Gasteiger charge is -2.32. The van der Waals surface area contributed by atoms with Crippen molar-refractivity contribution in [2.24, 2.45) is 0 Å². The number of rotatable bonds is 7. The lowest BCUT2D eigenvalue weighted by atomic mass is 9.97. The Kier molecular flexibility index (Phi) is 7.21. The molecule has 0 aliphatic carbocycles. The molecule has 1 aliphatic heterocycles. The summed E-state index contributed by atoms with van der Waals surface area (Å²) in [6.45, 7) is 6.10. The molecule has 8 heteroatoms. The van der Waals surface area contributed by atoms with E-state index in [0.717, 1.165) is 55.8 Å². The van der Waals surface area contributed by atoms with Crippen molar-refractivity contribution in [3.63, 3.8) is 0 Å². The number of benzene rings is 1. The van der Waals surface area contributed by atoms with Gasteiger partial charge in [0.2, 0.25) is 0 Å². The van der Waals surface area contributed by atoms with Crippen LogP contribution in [0.2, 0.25) is 0 Å². The SMILES string of the molecule is CCn1cnnc1[C@H]1CCCN(C(=O)Nc2cccc(CCCOC(C)=O)c2)C1. The summed E-state index contributed by atoms with van der Waals surface area (Å²) < 4.78 is 7.02. The first-order valence-corrected chi connectivity index (χ1v) is 10.2. The summed E-state index contributed by atoms with van der Waals surface area (Å²) in [7, 11) is 0. The molecule has 1 aliphatic rings. The fraction of sp³-hybridized carbons (Fsp3) is 0.524. The third-order valence-electron chi connectivity index (χ3n) is 5.15. The molecule has 1 atom stereocenters. The van der Waals surface area contributed by atoms with Gasteiger partial charge in [0.05, 0.1) is 6.61 Å². The van der Waals surface area contributed by atoms with Crippen LogP contribution in [-0.4, -0.2) is 51.4 Å². The van der Waals surface area contributed by atoms with Crippen LogP contribution < -0.4 is 5.32 Å². The fourth-order valence-electron chi connectivity index (χ4n) is 3.70. The van der Waals surface area contributed by atoms with Gasteiger partial charge in [-0.25, -0.2) is 4.79 Å². The number of ether oxygens (including phenoxy) is 1. The van der Waals surface area contributed by atoms with Crippen molar-refractivity contribution in [1.29, 1.82) is 0 Å². The number of nitrogens with zero attached hydrogens (tertiary/aromatic N) is 4. The molecule has 0 radical (unpaired) electrons. The van der Waals surface area contributed by atoms with Gasteiger partial charge in [-0.1, -0.05) is 12.1 Å². The van der Waals surface area contributed by atoms with Gasteiger partial charge in [-0.15, -0.1) is 10.2 Å². The molecule has 1 aromatic heterocycles. The molecule has 0 spiro atoms. The van der Waals surface area contributed by atoms with Crippen LogP contribution in [0, 0.1) is 0 Å². The maximum absolute atomic E-state index is 12.8. The summed E-state index contributed by atoms with van der Waals surface area (Å²) in [6, 6.07) is 7.72. The van der Waals surface area contributed by atoms with Gasteiger partial charge in [-0.2, -0.15) is 0 Å². The van der Waals surface area contributed by atoms with E-state index in [1.165, 1.54) is 6.92 Å². The third kappa shape index (κ3) is 5.79. The van der Waals surface area contributed by atoms with Crippen LogP contribution >= 0.6 is 0 Å². The molecule has 1 aromatic carbocycles. The van der Waals surface area contributed by atoms with Crippen LogP contribution in [0.1, 0.15) is 50.4 Å². The number of nitrogens with one attached hydrogen (secondary N) is 1. The summed E-state index contributed by atoms with van der Waals surface area (Å²) in [5.74, 6) is 0.910. The van der Waals surface area contributed by atoms with Crippen LogP contribution in [0.15, 0.2) is 30.6 Å². The molecule has 2 aromatic rings. The largest absolute Gasteiger partial charge is 0.466 e. The van der Waals surface area contributed by atoms with Crippen LogP contribution in [0.25, 0.3) is 0 Å². The standard InChI is InChI=1S/C21H29N5O3/c1-3-25-15-22-24-20(25)18-9-5-11-26(14-18)21(28)23-19-10-4-7-17(13-19)8-6-12-29-16(2)27/h4,7,10,13,15,18H,3,5-6,8-9,11-12,14H2,1-2H3,(H,23,28)/t18-/m0/s1. The van der Waals surface area contributed by atoms with Gasteiger partial charge in [0, 0.05) is 38.2 Å². The number of hydrogen-bond acceptors (Lipinski definition) is 5. The second-order valence-corrected chi connectivity index (χ2v) is 7.33. The van der Waals surface area contributed by atoms with Crippen molar-refractivity contribution in [3.05, 3.63) is 42.0 Å². The van der Waals surface area contributed by atoms with Gasteiger partial charge >= 0.3 is 12.0 Å². The molecular formula is C21H29N5O3. The fourth-order valence-corrected chi connectivity index (χ4v) is 3.70. The maximum Gasteiger partial charge on any atom is 0.321 e. The Hall–Kier alpha value is -2.90. The second-order valence-electron chi connectivity index (χ2n) is 7.33. The summed E-state index contributed by atoms with van der Waals surface area (Å²) in [5, 5.41) is 11.3. The molecule has 29 heavy (non-hydrogen) atoms. The number of piperidine rings is 1. The molecule has 156 valence electrons. The number of hydrogen-bond donors (Lipinski definition) is 1. The van der Waals surface area contributed by atoms with E-state index in [2.05, 4.69) is 22.4 Å². The van der Waals surface area contributed by atoms with Crippen molar-refractivity contribution in [3.8, 4) is 0 Å². The van der Waals surface area contributed by atoms with Crippen LogP contribution in [-0.2, 0) is 22.5 Å². The van der Waals surface area contributed by atoms with Gasteiger partial charge in [0.15, 0.2) is 0 Å². The zero-order chi connectivity index (χ0) is 20.6. The molecule has 1 saturated heterocycles. The topological polar surface area (TPSA) is 89.3 Å². The highest BCUT2D eigenvalue weighted by Gasteiger charge is 2.27. The highest BCUT2D eigenvalue weighted by atomic mass is 16.5. The Morgan fingerprint density at radius 3 is 3.00 bits per heavy atom. The molecule has 1 fully saturated rings. The minimum absolute atomic E-state index is 0.0886. The van der Waals surface area contributed by atoms with Crippen molar-refractivity contribution in [2.45, 2.75) is 52.0 Å². The van der Waals surface area contributed by atoms with Crippen LogP contribution in [0.5, 0.6) is 0 Å². The third-order valence-corrected chi connectivity index (χ3v) is 5.15. The number of carbonyl (C=O) groups excluding carboxylic acids is 2. The molecule has 0 saturated carbocycles. The maximum atomic E-state index is 12.8. The molecule has 2 amide bonds. The van der Waals surface area contributed by atoms with Gasteiger partial charge in [0.1, 0.15) is 12.2 Å². The van der Waals surface area contributed by atoms with Crippen LogP contribution in [0.3, 0.4) is 0 Å². The predicted octanol–water partition coefficient (Wildman–Crippen LogP) is 3.21. The van der Waals surface area contributed by atoms with Gasteiger partial charge < -0.3 is 19.5 Å². The van der Waals surface area contributed by atoms with E-state index in [-0.39, 0.29) is 17.9 Å². The van der Waals surface area contributed by atoms with Crippen molar-refractivity contribution in [2.75, 3.05) is 25.0 Å². The number of likely N-dealkylation sites (tertiary alicyclic amines) is 1. The van der Waals surface area contributed by atoms with E-state index in [0.29, 0.717) is 13.2 Å². The molecule has 3 rings (SSSR count). The molecule has 1 N–H and O–H groups in total. The summed E-state index contributed by atoms with van der Waals surface area (Å²) in [6.07, 6.45) is 5.25. The zero-order valence-electron chi connectivity index (χ0n) is 17.1. The first kappa shape index (κ1) is 20.8. The minimum atomic E-state index is -0.261. The average molecular weight is 399 g/mol. The Bertz CT molecular complexity index is 835. The number of aryl methyl sites for hydroxylation is 2. The number of esters is 1. The highest BCUT2D eigenvalue weighted by molar-refractivity contribution is 5.89. The van der Waals surface area contributed by atoms with E-state index >= 15 is 0 Å². The lowest BCUT2D eigenvalue weighted by Crippen LogP contribution is -2.42. The Balaban J connectivity index is 1.55. The molecular weight excluding hydrogens is 370 g/mol. The molecule has 0 unspecified atom stereocenters. The summed E-state index contributed by atoms with van der Waals surface area (Å²) in [5.41, 5.74) is 1.88. The summed E-state index contributed by atoms with van der Waals surface area (Å²) in [4.78, 5) is 25.5. The van der Waals surface area contributed by atoms with E-state index in [1.54, 1.807) is 6.33 Å². The predicted molar refractivity (Wildman–Crippen MR) is 110 cm³/mol. The van der Waals surface area contributed by atoms with Crippen molar-refractivity contribution >= 4 is 17.7 Å². The summed E-state index contributed by atoms with van der Waals surface area (Å²) >= 11 is 0. The zero-order valence-corrected chi connectivity index (χ0v) is 17.1. The first-order chi connectivity index (χ1) is 14.1. The van der Waals surface area contributed by atoms with Crippen molar-refractivity contribution < 1.29 is 14.3 Å². The molecule has 0 bridgehead atoms. The van der Waals surface area contributed by atoms with Crippen molar-refractivity contribution in [1.82, 2.24) is 19.7 Å². The number of amides is 2. The number of aromatic nitrogens is 3. The Morgan fingerprint density at radius 1 is 1.34 bits per heavy atom. The van der Waals surface area contributed by atoms with E-state index in [4.69, 9.17) is 4.74 Å². The van der Waals surface area contributed by atoms with Gasteiger partial charge in [-0.05, 0) is 50.3 Å². The normalized spacial score (nSPS) is 16.5. The Labute approximate surface area is 171 Å². The minimum Gasteiger partial charge on any atom is -0.466 e. The first-order valence-electron chi connectivity index (χ1n) is 10.2. The molecule has 8 nitrogen and oxygen atoms in total.